The number of carbonyl (C=O) groups is 1. The van der Waals surface area contributed by atoms with E-state index in [1.165, 1.54) is 4.31 Å². The third-order valence-corrected chi connectivity index (χ3v) is 11.0. The molecule has 2 saturated carbocycles. The van der Waals surface area contributed by atoms with Crippen LogP contribution in [0.25, 0.3) is 0 Å². The number of carbonyl (C=O) groups excluding carboxylic acids is 1. The molecule has 8 heteroatoms. The van der Waals surface area contributed by atoms with Gasteiger partial charge >= 0.3 is 0 Å². The van der Waals surface area contributed by atoms with Gasteiger partial charge in [0.15, 0.2) is 0 Å². The van der Waals surface area contributed by atoms with Crippen molar-refractivity contribution >= 4 is 15.9 Å². The fraction of sp³-hybridized carbons (Fsp3) is 0.731. The molecule has 1 N–H and O–H groups in total. The highest BCUT2D eigenvalue weighted by Crippen LogP contribution is 2.70. The number of aliphatic hydroxyl groups is 1. The number of hydrogen-bond donors (Lipinski definition) is 1. The van der Waals surface area contributed by atoms with Crippen LogP contribution < -0.4 is 4.74 Å². The maximum atomic E-state index is 13.3. The topological polar surface area (TPSA) is 93.1 Å². The minimum atomic E-state index is -3.66. The molecule has 1 amide bonds. The second kappa shape index (κ2) is 9.43. The summed E-state index contributed by atoms with van der Waals surface area (Å²) < 4.78 is 38.2. The molecule has 0 unspecified atom stereocenters. The second-order valence-corrected chi connectivity index (χ2v) is 12.9. The number of amides is 1. The van der Waals surface area contributed by atoms with E-state index in [2.05, 4.69) is 13.8 Å². The van der Waals surface area contributed by atoms with Crippen LogP contribution in [0.4, 0.5) is 0 Å². The summed E-state index contributed by atoms with van der Waals surface area (Å²) in [6, 6.07) is 7.47. The highest BCUT2D eigenvalue weighted by molar-refractivity contribution is 7.90. The van der Waals surface area contributed by atoms with Crippen LogP contribution in [-0.4, -0.2) is 55.4 Å². The average molecular weight is 494 g/mol. The molecular formula is C26H39NO6S. The van der Waals surface area contributed by atoms with E-state index in [-0.39, 0.29) is 22.6 Å². The van der Waals surface area contributed by atoms with Gasteiger partial charge < -0.3 is 14.6 Å². The lowest BCUT2D eigenvalue weighted by Crippen LogP contribution is -2.47. The van der Waals surface area contributed by atoms with E-state index in [0.29, 0.717) is 32.0 Å². The Bertz CT molecular complexity index is 991. The molecule has 2 bridgehead atoms. The van der Waals surface area contributed by atoms with Gasteiger partial charge in [-0.05, 0) is 67.6 Å². The number of fused-ring (bicyclic) bond motifs is 1. The molecule has 1 aliphatic heterocycles. The van der Waals surface area contributed by atoms with Crippen molar-refractivity contribution in [1.82, 2.24) is 4.31 Å². The summed E-state index contributed by atoms with van der Waals surface area (Å²) >= 11 is 0. The summed E-state index contributed by atoms with van der Waals surface area (Å²) in [4.78, 5) is 13.3. The first-order valence-electron chi connectivity index (χ1n) is 12.5. The standard InChI is InChI=1S/C26H39NO6S/c1-18(22(28)7-5-6-14-33-16-19-8-10-21(32-4)11-9-19)24(29)27-23-15-20-12-13-26(23,25(20,2)3)17-34(27,30)31/h8-11,18,20,22-23,28H,5-7,12-17H2,1-4H3/t18-,20-,22+,23-,26-/m1/s1. The minimum absolute atomic E-state index is 0.0637. The van der Waals surface area contributed by atoms with Crippen molar-refractivity contribution in [1.29, 1.82) is 0 Å². The van der Waals surface area contributed by atoms with Gasteiger partial charge in [-0.3, -0.25) is 4.79 Å². The van der Waals surface area contributed by atoms with Gasteiger partial charge in [-0.1, -0.05) is 32.9 Å². The number of hydrogen-bond acceptors (Lipinski definition) is 6. The average Bonchev–Trinajstić information content (AvgIpc) is 3.28. The molecule has 0 radical (unpaired) electrons. The number of nitrogens with zero attached hydrogens (tertiary/aromatic N) is 1. The zero-order valence-electron chi connectivity index (χ0n) is 20.8. The molecule has 0 aromatic heterocycles. The van der Waals surface area contributed by atoms with Crippen molar-refractivity contribution in [2.75, 3.05) is 19.5 Å². The van der Waals surface area contributed by atoms with Crippen molar-refractivity contribution in [3.05, 3.63) is 29.8 Å². The number of aliphatic hydroxyl groups excluding tert-OH is 1. The molecule has 1 heterocycles. The Balaban J connectivity index is 1.25. The van der Waals surface area contributed by atoms with Crippen LogP contribution in [-0.2, 0) is 26.2 Å². The molecule has 190 valence electrons. The van der Waals surface area contributed by atoms with Crippen LogP contribution in [0.2, 0.25) is 0 Å². The van der Waals surface area contributed by atoms with E-state index >= 15 is 0 Å². The van der Waals surface area contributed by atoms with Crippen molar-refractivity contribution in [2.24, 2.45) is 22.7 Å². The van der Waals surface area contributed by atoms with Crippen LogP contribution in [0, 0.1) is 22.7 Å². The molecule has 1 aromatic carbocycles. The third kappa shape index (κ3) is 4.26. The zero-order chi connectivity index (χ0) is 24.7. The summed E-state index contributed by atoms with van der Waals surface area (Å²) in [6.07, 6.45) is 3.70. The molecule has 5 atom stereocenters. The van der Waals surface area contributed by atoms with E-state index in [4.69, 9.17) is 9.47 Å². The Morgan fingerprint density at radius 1 is 1.24 bits per heavy atom. The predicted molar refractivity (Wildman–Crippen MR) is 130 cm³/mol. The Kier molecular flexibility index (Phi) is 7.06. The van der Waals surface area contributed by atoms with Gasteiger partial charge in [-0.15, -0.1) is 0 Å². The molecule has 1 spiro atoms. The van der Waals surface area contributed by atoms with Crippen LogP contribution in [0.3, 0.4) is 0 Å². The maximum absolute atomic E-state index is 13.3. The Labute approximate surface area is 203 Å². The molecule has 4 rings (SSSR count). The summed E-state index contributed by atoms with van der Waals surface area (Å²) in [6.45, 7) is 7.07. The molecule has 3 fully saturated rings. The summed E-state index contributed by atoms with van der Waals surface area (Å²) in [5.41, 5.74) is 0.652. The lowest BCUT2D eigenvalue weighted by Gasteiger charge is -2.37. The molecule has 1 aromatic rings. The normalized spacial score (nSPS) is 30.2. The number of rotatable bonds is 10. The number of sulfonamides is 1. The number of methoxy groups -OCH3 is 1. The fourth-order valence-corrected chi connectivity index (χ4v) is 9.28. The van der Waals surface area contributed by atoms with E-state index in [1.54, 1.807) is 14.0 Å². The number of benzene rings is 1. The first kappa shape index (κ1) is 25.5. The zero-order valence-corrected chi connectivity index (χ0v) is 21.6. The highest BCUT2D eigenvalue weighted by atomic mass is 32.2. The quantitative estimate of drug-likeness (QED) is 0.499. The highest BCUT2D eigenvalue weighted by Gasteiger charge is 2.72. The van der Waals surface area contributed by atoms with Gasteiger partial charge in [0, 0.05) is 12.0 Å². The lowest BCUT2D eigenvalue weighted by atomic mass is 9.69. The van der Waals surface area contributed by atoms with Crippen LogP contribution >= 0.6 is 0 Å². The predicted octanol–water partition coefficient (Wildman–Crippen LogP) is 3.75. The SMILES string of the molecule is COc1ccc(COCCCC[C@H](O)[C@@H](C)C(=O)N2[C@@H]3C[C@H]4CC[C@]3(CS2(=O)=O)C4(C)C)cc1. The first-order chi connectivity index (χ1) is 16.0. The van der Waals surface area contributed by atoms with Crippen molar-refractivity contribution in [3.8, 4) is 5.75 Å². The maximum Gasteiger partial charge on any atom is 0.241 e. The van der Waals surface area contributed by atoms with Crippen molar-refractivity contribution in [2.45, 2.75) is 78.0 Å². The van der Waals surface area contributed by atoms with E-state index in [1.807, 2.05) is 24.3 Å². The lowest BCUT2D eigenvalue weighted by molar-refractivity contribution is -0.136. The third-order valence-electron chi connectivity index (χ3n) is 9.06. The molecule has 34 heavy (non-hydrogen) atoms. The van der Waals surface area contributed by atoms with Crippen LogP contribution in [0.5, 0.6) is 5.75 Å². The Morgan fingerprint density at radius 3 is 2.59 bits per heavy atom. The first-order valence-corrected chi connectivity index (χ1v) is 14.1. The van der Waals surface area contributed by atoms with E-state index in [0.717, 1.165) is 37.0 Å². The van der Waals surface area contributed by atoms with Gasteiger partial charge in [0.2, 0.25) is 15.9 Å². The molecule has 1 saturated heterocycles. The van der Waals surface area contributed by atoms with Gasteiger partial charge in [-0.2, -0.15) is 0 Å². The fourth-order valence-electron chi connectivity index (χ4n) is 6.66. The number of ether oxygens (including phenoxy) is 2. The summed E-state index contributed by atoms with van der Waals surface area (Å²) in [5.74, 6) is 0.151. The van der Waals surface area contributed by atoms with Crippen molar-refractivity contribution < 1.29 is 27.8 Å². The van der Waals surface area contributed by atoms with Gasteiger partial charge in [0.05, 0.1) is 37.5 Å². The van der Waals surface area contributed by atoms with Crippen LogP contribution in [0.1, 0.15) is 64.9 Å². The van der Waals surface area contributed by atoms with Gasteiger partial charge in [0.25, 0.3) is 0 Å². The van der Waals surface area contributed by atoms with E-state index < -0.39 is 28.0 Å². The summed E-state index contributed by atoms with van der Waals surface area (Å²) in [5, 5.41) is 10.7. The monoisotopic (exact) mass is 493 g/mol. The second-order valence-electron chi connectivity index (χ2n) is 11.0. The van der Waals surface area contributed by atoms with Gasteiger partial charge in [0.1, 0.15) is 5.75 Å². The summed E-state index contributed by atoms with van der Waals surface area (Å²) in [7, 11) is -2.02. The largest absolute Gasteiger partial charge is 0.497 e. The minimum Gasteiger partial charge on any atom is -0.497 e. The molecular weight excluding hydrogens is 454 g/mol. The molecule has 3 aliphatic rings. The van der Waals surface area contributed by atoms with E-state index in [9.17, 15) is 18.3 Å². The van der Waals surface area contributed by atoms with Crippen molar-refractivity contribution in [3.63, 3.8) is 0 Å². The van der Waals surface area contributed by atoms with Gasteiger partial charge in [-0.25, -0.2) is 12.7 Å². The smallest absolute Gasteiger partial charge is 0.241 e. The molecule has 7 nitrogen and oxygen atoms in total. The Hall–Kier alpha value is -1.64. The van der Waals surface area contributed by atoms with Crippen LogP contribution in [0.15, 0.2) is 24.3 Å². The Morgan fingerprint density at radius 2 is 1.94 bits per heavy atom. The molecule has 2 aliphatic carbocycles. The number of unbranched alkanes of at least 4 members (excludes halogenated alkanes) is 1.